The number of hydrogen-bond acceptors (Lipinski definition) is 3. The Morgan fingerprint density at radius 3 is 2.93 bits per heavy atom. The van der Waals surface area contributed by atoms with Crippen LogP contribution in [0.4, 0.5) is 0 Å². The highest BCUT2D eigenvalue weighted by atomic mass is 127. The van der Waals surface area contributed by atoms with Crippen molar-refractivity contribution >= 4 is 45.9 Å². The molecule has 1 atom stereocenters. The van der Waals surface area contributed by atoms with Crippen molar-refractivity contribution in [3.05, 3.63) is 46.0 Å². The van der Waals surface area contributed by atoms with Gasteiger partial charge in [0, 0.05) is 23.0 Å². The van der Waals surface area contributed by atoms with Crippen LogP contribution in [0.1, 0.15) is 55.9 Å². The minimum atomic E-state index is 0. The fourth-order valence-electron chi connectivity index (χ4n) is 3.83. The van der Waals surface area contributed by atoms with E-state index in [2.05, 4.69) is 67.8 Å². The van der Waals surface area contributed by atoms with Crippen LogP contribution >= 0.6 is 39.9 Å². The smallest absolute Gasteiger partial charge is 0.191 e. The number of aryl methyl sites for hydroxylation is 2. The lowest BCUT2D eigenvalue weighted by Crippen LogP contribution is -2.42. The van der Waals surface area contributed by atoms with Crippen molar-refractivity contribution in [1.29, 1.82) is 0 Å². The van der Waals surface area contributed by atoms with Crippen molar-refractivity contribution in [2.75, 3.05) is 13.1 Å². The van der Waals surface area contributed by atoms with Crippen LogP contribution in [0.5, 0.6) is 0 Å². The number of aliphatic imine (C=N–C) groups is 1. The highest BCUT2D eigenvalue weighted by Gasteiger charge is 2.44. The van der Waals surface area contributed by atoms with Gasteiger partial charge in [0.05, 0.1) is 12.6 Å². The Morgan fingerprint density at radius 1 is 1.39 bits per heavy atom. The largest absolute Gasteiger partial charge is 0.357 e. The van der Waals surface area contributed by atoms with E-state index < -0.39 is 0 Å². The molecule has 0 spiro atoms. The number of nitrogens with one attached hydrogen (secondary N) is 2. The van der Waals surface area contributed by atoms with Gasteiger partial charge in [0.1, 0.15) is 11.6 Å². The van der Waals surface area contributed by atoms with Gasteiger partial charge in [0.2, 0.25) is 0 Å². The molecule has 8 heteroatoms. The first-order valence-corrected chi connectivity index (χ1v) is 10.6. The molecule has 1 aromatic heterocycles. The number of rotatable bonds is 5. The Labute approximate surface area is 192 Å². The first kappa shape index (κ1) is 21.5. The molecule has 0 saturated heterocycles. The molecule has 1 aromatic carbocycles. The fourth-order valence-corrected chi connectivity index (χ4v) is 4.23. The number of nitrogens with zero attached hydrogens (tertiary/aromatic N) is 4. The molecular weight excluding hydrogens is 531 g/mol. The number of halogens is 2. The maximum Gasteiger partial charge on any atom is 0.191 e. The van der Waals surface area contributed by atoms with Crippen LogP contribution in [0.2, 0.25) is 0 Å². The van der Waals surface area contributed by atoms with Crippen LogP contribution in [-0.4, -0.2) is 33.8 Å². The first-order chi connectivity index (χ1) is 13.1. The van der Waals surface area contributed by atoms with E-state index in [0.717, 1.165) is 54.6 Å². The van der Waals surface area contributed by atoms with Gasteiger partial charge in [-0.25, -0.2) is 9.67 Å². The molecule has 1 aliphatic heterocycles. The quantitative estimate of drug-likeness (QED) is 0.329. The third-order valence-corrected chi connectivity index (χ3v) is 5.96. The van der Waals surface area contributed by atoms with E-state index in [0.29, 0.717) is 0 Å². The lowest BCUT2D eigenvalue weighted by Gasteiger charge is -2.25. The predicted octanol–water partition coefficient (Wildman–Crippen LogP) is 4.09. The van der Waals surface area contributed by atoms with Crippen molar-refractivity contribution in [3.8, 4) is 0 Å². The van der Waals surface area contributed by atoms with Crippen LogP contribution in [-0.2, 0) is 12.0 Å². The van der Waals surface area contributed by atoms with E-state index in [1.807, 2.05) is 11.6 Å². The summed E-state index contributed by atoms with van der Waals surface area (Å²) in [5.74, 6) is 2.74. The Hall–Kier alpha value is -1.16. The Bertz CT molecular complexity index is 845. The molecule has 28 heavy (non-hydrogen) atoms. The summed E-state index contributed by atoms with van der Waals surface area (Å²) in [5, 5.41) is 11.5. The van der Waals surface area contributed by atoms with Crippen LogP contribution in [0, 0.1) is 6.92 Å². The highest BCUT2D eigenvalue weighted by molar-refractivity contribution is 14.0. The molecule has 0 bridgehead atoms. The monoisotopic (exact) mass is 558 g/mol. The molecule has 6 nitrogen and oxygen atoms in total. The zero-order valence-corrected chi connectivity index (χ0v) is 20.3. The van der Waals surface area contributed by atoms with Gasteiger partial charge in [-0.15, -0.1) is 24.0 Å². The molecule has 2 aromatic rings. The summed E-state index contributed by atoms with van der Waals surface area (Å²) < 4.78 is 3.17. The Balaban J connectivity index is 0.00000225. The number of guanidine groups is 1. The van der Waals surface area contributed by atoms with Gasteiger partial charge in [-0.05, 0) is 57.2 Å². The van der Waals surface area contributed by atoms with Gasteiger partial charge in [0.15, 0.2) is 5.96 Å². The van der Waals surface area contributed by atoms with Crippen molar-refractivity contribution in [1.82, 2.24) is 25.4 Å². The standard InChI is InChI=1S/C20H27BrN6.HI/c1-3-22-19(25-17-8-5-11-27-18(17)24-14(2)26-27)23-13-20(9-10-20)15-6-4-7-16(21)12-15;/h4,6-7,12,17H,3,5,8-11,13H2,1-2H3,(H2,22,23,25);1H. The van der Waals surface area contributed by atoms with Gasteiger partial charge in [0.25, 0.3) is 0 Å². The molecule has 1 aliphatic carbocycles. The van der Waals surface area contributed by atoms with Gasteiger partial charge in [-0.2, -0.15) is 5.10 Å². The number of hydrogen-bond donors (Lipinski definition) is 2. The van der Waals surface area contributed by atoms with E-state index in [4.69, 9.17) is 4.99 Å². The molecule has 2 aliphatic rings. The minimum absolute atomic E-state index is 0. The van der Waals surface area contributed by atoms with Gasteiger partial charge >= 0.3 is 0 Å². The maximum absolute atomic E-state index is 4.95. The van der Waals surface area contributed by atoms with E-state index in [9.17, 15) is 0 Å². The summed E-state index contributed by atoms with van der Waals surface area (Å²) in [6, 6.07) is 8.81. The van der Waals surface area contributed by atoms with Crippen molar-refractivity contribution < 1.29 is 0 Å². The molecule has 2 N–H and O–H groups in total. The predicted molar refractivity (Wildman–Crippen MR) is 126 cm³/mol. The number of fused-ring (bicyclic) bond motifs is 1. The summed E-state index contributed by atoms with van der Waals surface area (Å²) >= 11 is 3.59. The summed E-state index contributed by atoms with van der Waals surface area (Å²) in [6.45, 7) is 6.65. The second-order valence-corrected chi connectivity index (χ2v) is 8.48. The molecule has 4 rings (SSSR count). The van der Waals surface area contributed by atoms with E-state index >= 15 is 0 Å². The van der Waals surface area contributed by atoms with Crippen molar-refractivity contribution in [2.45, 2.75) is 57.5 Å². The average molecular weight is 559 g/mol. The van der Waals surface area contributed by atoms with Crippen LogP contribution in [0.15, 0.2) is 33.7 Å². The van der Waals surface area contributed by atoms with E-state index in [1.165, 1.54) is 18.4 Å². The molecule has 0 radical (unpaired) electrons. The number of aromatic nitrogens is 3. The van der Waals surface area contributed by atoms with Gasteiger partial charge < -0.3 is 10.6 Å². The van der Waals surface area contributed by atoms with Crippen molar-refractivity contribution in [2.24, 2.45) is 4.99 Å². The van der Waals surface area contributed by atoms with Crippen molar-refractivity contribution in [3.63, 3.8) is 0 Å². The fraction of sp³-hybridized carbons (Fsp3) is 0.550. The topological polar surface area (TPSA) is 67.1 Å². The van der Waals surface area contributed by atoms with Gasteiger partial charge in [-0.1, -0.05) is 28.1 Å². The van der Waals surface area contributed by atoms with Crippen LogP contribution in [0.3, 0.4) is 0 Å². The minimum Gasteiger partial charge on any atom is -0.357 e. The zero-order chi connectivity index (χ0) is 18.9. The maximum atomic E-state index is 4.95. The average Bonchev–Trinajstić information content (AvgIpc) is 3.34. The lowest BCUT2D eigenvalue weighted by molar-refractivity contribution is 0.397. The Morgan fingerprint density at radius 2 is 2.21 bits per heavy atom. The van der Waals surface area contributed by atoms with E-state index in [1.54, 1.807) is 0 Å². The Kier molecular flexibility index (Phi) is 7.01. The van der Waals surface area contributed by atoms with Gasteiger partial charge in [-0.3, -0.25) is 4.99 Å². The SMILES string of the molecule is CCNC(=NCC1(c2cccc(Br)c2)CC1)NC1CCCn2nc(C)nc21.I. The summed E-state index contributed by atoms with van der Waals surface area (Å²) in [6.07, 6.45) is 4.56. The van der Waals surface area contributed by atoms with E-state index in [-0.39, 0.29) is 35.4 Å². The third-order valence-electron chi connectivity index (χ3n) is 5.47. The van der Waals surface area contributed by atoms with Crippen LogP contribution in [0.25, 0.3) is 0 Å². The molecule has 1 fully saturated rings. The van der Waals surface area contributed by atoms with Crippen LogP contribution < -0.4 is 10.6 Å². The molecule has 1 unspecified atom stereocenters. The first-order valence-electron chi connectivity index (χ1n) is 9.82. The molecule has 1 saturated carbocycles. The molecule has 2 heterocycles. The second kappa shape index (κ2) is 9.11. The summed E-state index contributed by atoms with van der Waals surface area (Å²) in [7, 11) is 0. The third kappa shape index (κ3) is 4.69. The molecule has 0 amide bonds. The highest BCUT2D eigenvalue weighted by Crippen LogP contribution is 2.48. The second-order valence-electron chi connectivity index (χ2n) is 7.57. The summed E-state index contributed by atoms with van der Waals surface area (Å²) in [4.78, 5) is 9.57. The molecular formula is C20H28BrIN6. The number of benzene rings is 1. The lowest BCUT2D eigenvalue weighted by atomic mass is 9.96. The molecule has 152 valence electrons. The normalized spacial score (nSPS) is 20.1. The summed E-state index contributed by atoms with van der Waals surface area (Å²) in [5.41, 5.74) is 1.57. The zero-order valence-electron chi connectivity index (χ0n) is 16.4.